The maximum atomic E-state index is 13.6. The molecule has 0 saturated heterocycles. The van der Waals surface area contributed by atoms with Crippen LogP contribution in [0.4, 0.5) is 8.78 Å². The first-order valence-electron chi connectivity index (χ1n) is 5.62. The first-order chi connectivity index (χ1) is 8.99. The summed E-state index contributed by atoms with van der Waals surface area (Å²) in [5.41, 5.74) is 0.734. The molecular formula is C13H11ClF2N2S. The Morgan fingerprint density at radius 3 is 2.63 bits per heavy atom. The fourth-order valence-corrected chi connectivity index (χ4v) is 3.08. The van der Waals surface area contributed by atoms with Gasteiger partial charge in [0.2, 0.25) is 0 Å². The largest absolute Gasteiger partial charge is 0.229 e. The fourth-order valence-electron chi connectivity index (χ4n) is 1.59. The molecule has 100 valence electrons. The van der Waals surface area contributed by atoms with E-state index in [1.807, 2.05) is 13.8 Å². The quantitative estimate of drug-likeness (QED) is 0.770. The van der Waals surface area contributed by atoms with Crippen LogP contribution in [0.2, 0.25) is 5.15 Å². The van der Waals surface area contributed by atoms with Crippen molar-refractivity contribution in [3.8, 4) is 0 Å². The van der Waals surface area contributed by atoms with Gasteiger partial charge in [0.15, 0.2) is 0 Å². The number of hydrogen-bond donors (Lipinski definition) is 0. The first-order valence-corrected chi connectivity index (χ1v) is 6.81. The molecule has 0 N–H and O–H groups in total. The van der Waals surface area contributed by atoms with Crippen molar-refractivity contribution in [2.45, 2.75) is 29.7 Å². The zero-order valence-corrected chi connectivity index (χ0v) is 11.9. The van der Waals surface area contributed by atoms with Crippen LogP contribution >= 0.6 is 23.4 Å². The van der Waals surface area contributed by atoms with Crippen molar-refractivity contribution in [1.29, 1.82) is 0 Å². The van der Waals surface area contributed by atoms with Gasteiger partial charge in [0.1, 0.15) is 28.1 Å². The highest BCUT2D eigenvalue weighted by molar-refractivity contribution is 7.99. The minimum Gasteiger partial charge on any atom is -0.229 e. The van der Waals surface area contributed by atoms with Crippen LogP contribution in [0.1, 0.15) is 25.3 Å². The van der Waals surface area contributed by atoms with Crippen molar-refractivity contribution in [2.24, 2.45) is 0 Å². The Morgan fingerprint density at radius 1 is 1.21 bits per heavy atom. The molecule has 2 nitrogen and oxygen atoms in total. The summed E-state index contributed by atoms with van der Waals surface area (Å²) < 4.78 is 26.8. The summed E-state index contributed by atoms with van der Waals surface area (Å²) >= 11 is 7.08. The molecule has 0 bridgehead atoms. The second-order valence-electron chi connectivity index (χ2n) is 4.21. The van der Waals surface area contributed by atoms with E-state index in [2.05, 4.69) is 9.97 Å². The van der Waals surface area contributed by atoms with Gasteiger partial charge < -0.3 is 0 Å². The van der Waals surface area contributed by atoms with E-state index in [4.69, 9.17) is 11.6 Å². The van der Waals surface area contributed by atoms with E-state index in [0.29, 0.717) is 10.2 Å². The third kappa shape index (κ3) is 3.22. The fraction of sp³-hybridized carbons (Fsp3) is 0.231. The second kappa shape index (κ2) is 5.84. The topological polar surface area (TPSA) is 25.8 Å². The predicted octanol–water partition coefficient (Wildman–Crippen LogP) is 4.68. The summed E-state index contributed by atoms with van der Waals surface area (Å²) in [5, 5.41) is 0.879. The standard InChI is InChI=1S/C13H11ClF2N2S/c1-7(2)11-12(14)17-6-18-13(11)19-10-5-8(15)3-4-9(10)16/h3-7H,1-2H3. The Kier molecular flexibility index (Phi) is 4.37. The molecule has 2 rings (SSSR count). The first kappa shape index (κ1) is 14.2. The zero-order valence-electron chi connectivity index (χ0n) is 10.3. The molecule has 2 aromatic rings. The third-order valence-electron chi connectivity index (χ3n) is 2.48. The maximum absolute atomic E-state index is 13.6. The molecule has 1 aromatic carbocycles. The molecule has 6 heteroatoms. The summed E-state index contributed by atoms with van der Waals surface area (Å²) in [6.45, 7) is 3.88. The van der Waals surface area contributed by atoms with Gasteiger partial charge in [0, 0.05) is 5.56 Å². The Morgan fingerprint density at radius 2 is 1.95 bits per heavy atom. The number of benzene rings is 1. The smallest absolute Gasteiger partial charge is 0.137 e. The highest BCUT2D eigenvalue weighted by Gasteiger charge is 2.16. The molecule has 0 aliphatic carbocycles. The predicted molar refractivity (Wildman–Crippen MR) is 71.6 cm³/mol. The molecule has 0 amide bonds. The van der Waals surface area contributed by atoms with E-state index in [-0.39, 0.29) is 10.8 Å². The Bertz CT molecular complexity index is 605. The van der Waals surface area contributed by atoms with E-state index >= 15 is 0 Å². The average molecular weight is 301 g/mol. The normalized spacial score (nSPS) is 11.1. The van der Waals surface area contributed by atoms with E-state index < -0.39 is 11.6 Å². The SMILES string of the molecule is CC(C)c1c(Cl)ncnc1Sc1cc(F)ccc1F. The van der Waals surface area contributed by atoms with Gasteiger partial charge in [-0.15, -0.1) is 0 Å². The maximum Gasteiger partial charge on any atom is 0.137 e. The van der Waals surface area contributed by atoms with Crippen molar-refractivity contribution in [2.75, 3.05) is 0 Å². The summed E-state index contributed by atoms with van der Waals surface area (Å²) in [4.78, 5) is 8.20. The van der Waals surface area contributed by atoms with E-state index in [1.54, 1.807) is 0 Å². The number of aromatic nitrogens is 2. The van der Waals surface area contributed by atoms with Gasteiger partial charge in [-0.25, -0.2) is 18.7 Å². The van der Waals surface area contributed by atoms with Crippen LogP contribution in [-0.2, 0) is 0 Å². The van der Waals surface area contributed by atoms with E-state index in [9.17, 15) is 8.78 Å². The van der Waals surface area contributed by atoms with Crippen molar-refractivity contribution in [3.05, 3.63) is 46.9 Å². The lowest BCUT2D eigenvalue weighted by atomic mass is 10.1. The van der Waals surface area contributed by atoms with E-state index in [1.165, 1.54) is 6.33 Å². The number of halogens is 3. The lowest BCUT2D eigenvalue weighted by molar-refractivity contribution is 0.577. The molecule has 0 aliphatic heterocycles. The van der Waals surface area contributed by atoms with Crippen molar-refractivity contribution < 1.29 is 8.78 Å². The Hall–Kier alpha value is -1.20. The van der Waals surface area contributed by atoms with Crippen molar-refractivity contribution in [1.82, 2.24) is 9.97 Å². The van der Waals surface area contributed by atoms with Gasteiger partial charge in [0.25, 0.3) is 0 Å². The molecular weight excluding hydrogens is 290 g/mol. The van der Waals surface area contributed by atoms with E-state index in [0.717, 1.165) is 35.5 Å². The van der Waals surface area contributed by atoms with Crippen molar-refractivity contribution >= 4 is 23.4 Å². The molecule has 1 heterocycles. The van der Waals surface area contributed by atoms with Crippen LogP contribution < -0.4 is 0 Å². The van der Waals surface area contributed by atoms with Gasteiger partial charge in [-0.2, -0.15) is 0 Å². The minimum atomic E-state index is -0.491. The number of nitrogens with zero attached hydrogens (tertiary/aromatic N) is 2. The molecule has 1 aromatic heterocycles. The van der Waals surface area contributed by atoms with Crippen LogP contribution in [-0.4, -0.2) is 9.97 Å². The van der Waals surface area contributed by atoms with Gasteiger partial charge in [-0.3, -0.25) is 0 Å². The summed E-state index contributed by atoms with van der Waals surface area (Å²) in [6, 6.07) is 3.31. The highest BCUT2D eigenvalue weighted by Crippen LogP contribution is 2.36. The minimum absolute atomic E-state index is 0.0906. The summed E-state index contributed by atoms with van der Waals surface area (Å²) in [5.74, 6) is -0.890. The lowest BCUT2D eigenvalue weighted by Gasteiger charge is -2.12. The lowest BCUT2D eigenvalue weighted by Crippen LogP contribution is -1.98. The van der Waals surface area contributed by atoms with Crippen LogP contribution in [0.15, 0.2) is 34.4 Å². The second-order valence-corrected chi connectivity index (χ2v) is 5.60. The van der Waals surface area contributed by atoms with Crippen LogP contribution in [0.5, 0.6) is 0 Å². The summed E-state index contributed by atoms with van der Waals surface area (Å²) in [6.07, 6.45) is 1.31. The summed E-state index contributed by atoms with van der Waals surface area (Å²) in [7, 11) is 0. The Labute approximate surface area is 119 Å². The van der Waals surface area contributed by atoms with Crippen LogP contribution in [0.3, 0.4) is 0 Å². The molecule has 0 unspecified atom stereocenters. The van der Waals surface area contributed by atoms with Crippen molar-refractivity contribution in [3.63, 3.8) is 0 Å². The third-order valence-corrected chi connectivity index (χ3v) is 3.83. The molecule has 0 radical (unpaired) electrons. The molecule has 0 spiro atoms. The number of hydrogen-bond acceptors (Lipinski definition) is 3. The molecule has 0 atom stereocenters. The van der Waals surface area contributed by atoms with Gasteiger partial charge in [-0.1, -0.05) is 37.2 Å². The molecule has 0 saturated carbocycles. The van der Waals surface area contributed by atoms with Crippen LogP contribution in [0, 0.1) is 11.6 Å². The Balaban J connectivity index is 2.44. The van der Waals surface area contributed by atoms with Gasteiger partial charge in [0.05, 0.1) is 4.90 Å². The van der Waals surface area contributed by atoms with Gasteiger partial charge >= 0.3 is 0 Å². The molecule has 0 fully saturated rings. The zero-order chi connectivity index (χ0) is 14.0. The highest BCUT2D eigenvalue weighted by atomic mass is 35.5. The average Bonchev–Trinajstić information content (AvgIpc) is 2.33. The number of rotatable bonds is 3. The van der Waals surface area contributed by atoms with Crippen LogP contribution in [0.25, 0.3) is 0 Å². The molecule has 19 heavy (non-hydrogen) atoms. The monoisotopic (exact) mass is 300 g/mol. The van der Waals surface area contributed by atoms with Gasteiger partial charge in [-0.05, 0) is 24.1 Å². The molecule has 0 aliphatic rings.